The van der Waals surface area contributed by atoms with Crippen molar-refractivity contribution in [2.45, 2.75) is 45.6 Å². The van der Waals surface area contributed by atoms with Crippen LogP contribution in [-0.2, 0) is 6.42 Å². The van der Waals surface area contributed by atoms with Gasteiger partial charge in [-0.25, -0.2) is 4.98 Å². The highest BCUT2D eigenvalue weighted by Crippen LogP contribution is 2.26. The lowest BCUT2D eigenvalue weighted by atomic mass is 10.0. The Morgan fingerprint density at radius 3 is 2.57 bits per heavy atom. The SMILES string of the molecule is CCCc1ncc(-c2ccc([C@@H](C)N3CCCC3)cc2)[nH]1. The van der Waals surface area contributed by atoms with E-state index in [1.807, 2.05) is 6.20 Å². The van der Waals surface area contributed by atoms with E-state index in [9.17, 15) is 0 Å². The van der Waals surface area contributed by atoms with Crippen LogP contribution in [-0.4, -0.2) is 28.0 Å². The topological polar surface area (TPSA) is 31.9 Å². The number of hydrogen-bond acceptors (Lipinski definition) is 2. The monoisotopic (exact) mass is 283 g/mol. The molecule has 3 nitrogen and oxygen atoms in total. The van der Waals surface area contributed by atoms with E-state index < -0.39 is 0 Å². The van der Waals surface area contributed by atoms with E-state index in [4.69, 9.17) is 0 Å². The van der Waals surface area contributed by atoms with Crippen LogP contribution in [0.3, 0.4) is 0 Å². The summed E-state index contributed by atoms with van der Waals surface area (Å²) in [5.41, 5.74) is 3.76. The van der Waals surface area contributed by atoms with Gasteiger partial charge in [0.1, 0.15) is 5.82 Å². The van der Waals surface area contributed by atoms with Gasteiger partial charge >= 0.3 is 0 Å². The minimum atomic E-state index is 0.527. The van der Waals surface area contributed by atoms with Crippen LogP contribution in [0.4, 0.5) is 0 Å². The largest absolute Gasteiger partial charge is 0.342 e. The maximum absolute atomic E-state index is 4.44. The van der Waals surface area contributed by atoms with Crippen LogP contribution in [0.1, 0.15) is 50.5 Å². The van der Waals surface area contributed by atoms with E-state index in [-0.39, 0.29) is 0 Å². The molecule has 1 fully saturated rings. The molecule has 1 aromatic carbocycles. The molecule has 112 valence electrons. The summed E-state index contributed by atoms with van der Waals surface area (Å²) in [4.78, 5) is 10.4. The summed E-state index contributed by atoms with van der Waals surface area (Å²) in [6.45, 7) is 6.97. The molecule has 1 N–H and O–H groups in total. The Bertz CT molecular complexity index is 564. The maximum atomic E-state index is 4.44. The van der Waals surface area contributed by atoms with Crippen molar-refractivity contribution in [2.75, 3.05) is 13.1 Å². The van der Waals surface area contributed by atoms with Crippen molar-refractivity contribution in [3.63, 3.8) is 0 Å². The van der Waals surface area contributed by atoms with Crippen LogP contribution >= 0.6 is 0 Å². The molecule has 0 radical (unpaired) electrons. The highest BCUT2D eigenvalue weighted by Gasteiger charge is 2.19. The first-order chi connectivity index (χ1) is 10.3. The van der Waals surface area contributed by atoms with Crippen molar-refractivity contribution in [3.8, 4) is 11.3 Å². The fraction of sp³-hybridized carbons (Fsp3) is 0.500. The molecule has 0 saturated carbocycles. The van der Waals surface area contributed by atoms with Gasteiger partial charge in [-0.1, -0.05) is 31.2 Å². The minimum Gasteiger partial charge on any atom is -0.342 e. The Morgan fingerprint density at radius 1 is 1.19 bits per heavy atom. The molecule has 3 heteroatoms. The molecule has 0 amide bonds. The van der Waals surface area contributed by atoms with Crippen LogP contribution in [0.2, 0.25) is 0 Å². The number of nitrogens with zero attached hydrogens (tertiary/aromatic N) is 2. The number of aryl methyl sites for hydroxylation is 1. The number of aromatic amines is 1. The van der Waals surface area contributed by atoms with E-state index in [1.165, 1.54) is 37.1 Å². The standard InChI is InChI=1S/C18H25N3/c1-3-6-18-19-13-17(20-18)16-9-7-15(8-10-16)14(2)21-11-4-5-12-21/h7-10,13-14H,3-6,11-12H2,1-2H3,(H,19,20)/t14-/m1/s1. The quantitative estimate of drug-likeness (QED) is 0.892. The van der Waals surface area contributed by atoms with E-state index in [1.54, 1.807) is 0 Å². The average molecular weight is 283 g/mol. The van der Waals surface area contributed by atoms with Gasteiger partial charge in [-0.15, -0.1) is 0 Å². The number of rotatable bonds is 5. The number of hydrogen-bond donors (Lipinski definition) is 1. The number of imidazole rings is 1. The number of benzene rings is 1. The number of likely N-dealkylation sites (tertiary alicyclic amines) is 1. The van der Waals surface area contributed by atoms with Crippen molar-refractivity contribution in [1.29, 1.82) is 0 Å². The lowest BCUT2D eigenvalue weighted by Gasteiger charge is -2.24. The van der Waals surface area contributed by atoms with Gasteiger partial charge in [-0.05, 0) is 50.4 Å². The summed E-state index contributed by atoms with van der Waals surface area (Å²) < 4.78 is 0. The van der Waals surface area contributed by atoms with E-state index in [0.29, 0.717) is 6.04 Å². The van der Waals surface area contributed by atoms with Crippen molar-refractivity contribution in [2.24, 2.45) is 0 Å². The second kappa shape index (κ2) is 6.44. The molecule has 0 aliphatic carbocycles. The van der Waals surface area contributed by atoms with E-state index in [0.717, 1.165) is 24.4 Å². The highest BCUT2D eigenvalue weighted by molar-refractivity contribution is 5.59. The van der Waals surface area contributed by atoms with E-state index in [2.05, 4.69) is 53.0 Å². The molecule has 1 aromatic heterocycles. The number of aromatic nitrogens is 2. The second-order valence-electron chi connectivity index (χ2n) is 6.03. The normalized spacial score (nSPS) is 17.2. The van der Waals surface area contributed by atoms with Crippen LogP contribution in [0.25, 0.3) is 11.3 Å². The molecule has 0 bridgehead atoms. The van der Waals surface area contributed by atoms with Gasteiger partial charge in [0.05, 0.1) is 11.9 Å². The highest BCUT2D eigenvalue weighted by atomic mass is 15.2. The van der Waals surface area contributed by atoms with E-state index >= 15 is 0 Å². The molecular formula is C18H25N3. The zero-order valence-electron chi connectivity index (χ0n) is 13.1. The lowest BCUT2D eigenvalue weighted by Crippen LogP contribution is -2.23. The third-order valence-corrected chi connectivity index (χ3v) is 4.51. The fourth-order valence-electron chi connectivity index (χ4n) is 3.15. The average Bonchev–Trinajstić information content (AvgIpc) is 3.19. The van der Waals surface area contributed by atoms with Gasteiger partial charge in [0, 0.05) is 12.5 Å². The van der Waals surface area contributed by atoms with Crippen LogP contribution in [0, 0.1) is 0 Å². The van der Waals surface area contributed by atoms with Gasteiger partial charge in [0.15, 0.2) is 0 Å². The Labute approximate surface area is 127 Å². The molecule has 1 atom stereocenters. The van der Waals surface area contributed by atoms with Gasteiger partial charge in [0.25, 0.3) is 0 Å². The summed E-state index contributed by atoms with van der Waals surface area (Å²) in [6, 6.07) is 9.48. The predicted octanol–water partition coefficient (Wildman–Crippen LogP) is 4.19. The van der Waals surface area contributed by atoms with Gasteiger partial charge in [0.2, 0.25) is 0 Å². The molecule has 21 heavy (non-hydrogen) atoms. The molecule has 1 saturated heterocycles. The van der Waals surface area contributed by atoms with Crippen molar-refractivity contribution >= 4 is 0 Å². The summed E-state index contributed by atoms with van der Waals surface area (Å²) in [6.07, 6.45) is 6.78. The summed E-state index contributed by atoms with van der Waals surface area (Å²) in [7, 11) is 0. The van der Waals surface area contributed by atoms with Crippen LogP contribution < -0.4 is 0 Å². The third-order valence-electron chi connectivity index (χ3n) is 4.51. The molecule has 0 spiro atoms. The summed E-state index contributed by atoms with van der Waals surface area (Å²) in [5.74, 6) is 1.09. The molecule has 2 heterocycles. The summed E-state index contributed by atoms with van der Waals surface area (Å²) >= 11 is 0. The zero-order chi connectivity index (χ0) is 14.7. The molecular weight excluding hydrogens is 258 g/mol. The second-order valence-corrected chi connectivity index (χ2v) is 6.03. The Kier molecular flexibility index (Phi) is 4.39. The Hall–Kier alpha value is -1.61. The first-order valence-electron chi connectivity index (χ1n) is 8.16. The first-order valence-corrected chi connectivity index (χ1v) is 8.16. The van der Waals surface area contributed by atoms with Crippen LogP contribution in [0.15, 0.2) is 30.5 Å². The van der Waals surface area contributed by atoms with Crippen LogP contribution in [0.5, 0.6) is 0 Å². The Balaban J connectivity index is 1.73. The van der Waals surface area contributed by atoms with Crippen molar-refractivity contribution in [3.05, 3.63) is 41.9 Å². The molecule has 0 unspecified atom stereocenters. The molecule has 3 rings (SSSR count). The predicted molar refractivity (Wildman–Crippen MR) is 87.2 cm³/mol. The Morgan fingerprint density at radius 2 is 1.90 bits per heavy atom. The van der Waals surface area contributed by atoms with Gasteiger partial charge < -0.3 is 4.98 Å². The molecule has 1 aliphatic rings. The molecule has 1 aliphatic heterocycles. The van der Waals surface area contributed by atoms with Gasteiger partial charge in [-0.3, -0.25) is 4.90 Å². The minimum absolute atomic E-state index is 0.527. The fourth-order valence-corrected chi connectivity index (χ4v) is 3.15. The first kappa shape index (κ1) is 14.3. The number of H-pyrrole nitrogens is 1. The summed E-state index contributed by atoms with van der Waals surface area (Å²) in [5, 5.41) is 0. The van der Waals surface area contributed by atoms with Crippen molar-refractivity contribution < 1.29 is 0 Å². The number of nitrogens with one attached hydrogen (secondary N) is 1. The van der Waals surface area contributed by atoms with Gasteiger partial charge in [-0.2, -0.15) is 0 Å². The smallest absolute Gasteiger partial charge is 0.106 e. The lowest BCUT2D eigenvalue weighted by molar-refractivity contribution is 0.263. The molecule has 2 aromatic rings. The maximum Gasteiger partial charge on any atom is 0.106 e. The van der Waals surface area contributed by atoms with Crippen molar-refractivity contribution in [1.82, 2.24) is 14.9 Å². The third kappa shape index (κ3) is 3.18. The zero-order valence-corrected chi connectivity index (χ0v) is 13.1.